The van der Waals surface area contributed by atoms with Crippen LogP contribution < -0.4 is 11.3 Å². The van der Waals surface area contributed by atoms with E-state index < -0.39 is 0 Å². The lowest BCUT2D eigenvalue weighted by Crippen LogP contribution is -2.35. The maximum atomic E-state index is 12.8. The molecule has 2 aromatic heterocycles. The summed E-state index contributed by atoms with van der Waals surface area (Å²) >= 11 is 0. The van der Waals surface area contributed by atoms with Crippen molar-refractivity contribution in [1.82, 2.24) is 19.9 Å². The fraction of sp³-hybridized carbons (Fsp3) is 0.222. The minimum absolute atomic E-state index is 0.0695. The van der Waals surface area contributed by atoms with Crippen LogP contribution in [0.1, 0.15) is 27.9 Å². The first kappa shape index (κ1) is 21.1. The number of nitrogens with zero attached hydrogens (tertiary/aromatic N) is 3. The Balaban J connectivity index is 1.32. The molecule has 6 heteroatoms. The van der Waals surface area contributed by atoms with E-state index in [1.807, 2.05) is 30.5 Å². The molecule has 0 spiro atoms. The SMILES string of the molecule is Cc1cccc(-c2ccc(CN3CCc4nc(-c5ccc(N)cc5)[nH]c(=O)c4C3)cn2)c1C. The van der Waals surface area contributed by atoms with E-state index in [-0.39, 0.29) is 5.56 Å². The predicted octanol–water partition coefficient (Wildman–Crippen LogP) is 4.26. The average Bonchev–Trinajstić information content (AvgIpc) is 2.82. The molecule has 0 radical (unpaired) electrons. The smallest absolute Gasteiger partial charge is 0.255 e. The normalized spacial score (nSPS) is 13.6. The number of anilines is 1. The Hall–Kier alpha value is -3.77. The summed E-state index contributed by atoms with van der Waals surface area (Å²) in [6.45, 7) is 6.44. The highest BCUT2D eigenvalue weighted by atomic mass is 16.1. The number of H-pyrrole nitrogens is 1. The summed E-state index contributed by atoms with van der Waals surface area (Å²) < 4.78 is 0. The zero-order valence-corrected chi connectivity index (χ0v) is 18.9. The van der Waals surface area contributed by atoms with Gasteiger partial charge in [-0.15, -0.1) is 0 Å². The van der Waals surface area contributed by atoms with Gasteiger partial charge in [0.05, 0.1) is 17.0 Å². The van der Waals surface area contributed by atoms with Crippen molar-refractivity contribution < 1.29 is 0 Å². The van der Waals surface area contributed by atoms with Gasteiger partial charge in [-0.3, -0.25) is 14.7 Å². The third kappa shape index (κ3) is 4.30. The molecule has 33 heavy (non-hydrogen) atoms. The van der Waals surface area contributed by atoms with E-state index in [1.54, 1.807) is 0 Å². The van der Waals surface area contributed by atoms with E-state index in [4.69, 9.17) is 15.7 Å². The maximum Gasteiger partial charge on any atom is 0.255 e. The topological polar surface area (TPSA) is 87.9 Å². The number of nitrogen functional groups attached to an aromatic ring is 1. The summed E-state index contributed by atoms with van der Waals surface area (Å²) in [6, 6.07) is 17.9. The Bertz CT molecular complexity index is 1360. The number of hydrogen-bond donors (Lipinski definition) is 2. The van der Waals surface area contributed by atoms with Crippen molar-refractivity contribution in [2.24, 2.45) is 0 Å². The van der Waals surface area contributed by atoms with E-state index in [1.165, 1.54) is 16.7 Å². The lowest BCUT2D eigenvalue weighted by molar-refractivity contribution is 0.241. The number of nitrogens with two attached hydrogens (primary N) is 1. The van der Waals surface area contributed by atoms with E-state index >= 15 is 0 Å². The molecule has 4 aromatic rings. The van der Waals surface area contributed by atoms with Crippen molar-refractivity contribution in [3.05, 3.63) is 99.1 Å². The molecule has 5 rings (SSSR count). The quantitative estimate of drug-likeness (QED) is 0.466. The van der Waals surface area contributed by atoms with Crippen LogP contribution in [0, 0.1) is 13.8 Å². The first-order valence-electron chi connectivity index (χ1n) is 11.2. The summed E-state index contributed by atoms with van der Waals surface area (Å²) in [5.41, 5.74) is 14.7. The first-order valence-corrected chi connectivity index (χ1v) is 11.2. The molecule has 0 unspecified atom stereocenters. The molecule has 2 aromatic carbocycles. The molecule has 166 valence electrons. The number of rotatable bonds is 4. The number of benzene rings is 2. The van der Waals surface area contributed by atoms with Gasteiger partial charge in [-0.1, -0.05) is 24.3 Å². The van der Waals surface area contributed by atoms with Crippen LogP contribution >= 0.6 is 0 Å². The lowest BCUT2D eigenvalue weighted by atomic mass is 10.0. The largest absolute Gasteiger partial charge is 0.399 e. The second-order valence-electron chi connectivity index (χ2n) is 8.72. The maximum absolute atomic E-state index is 12.8. The van der Waals surface area contributed by atoms with Crippen LogP contribution in [0.4, 0.5) is 5.69 Å². The highest BCUT2D eigenvalue weighted by molar-refractivity contribution is 5.65. The number of nitrogens with one attached hydrogen (secondary N) is 1. The number of pyridine rings is 1. The van der Waals surface area contributed by atoms with Crippen molar-refractivity contribution in [2.45, 2.75) is 33.4 Å². The summed E-state index contributed by atoms with van der Waals surface area (Å²) in [5, 5.41) is 0. The Morgan fingerprint density at radius 3 is 2.64 bits per heavy atom. The number of fused-ring (bicyclic) bond motifs is 1. The monoisotopic (exact) mass is 437 g/mol. The summed E-state index contributed by atoms with van der Waals surface area (Å²) in [5.74, 6) is 0.596. The van der Waals surface area contributed by atoms with Crippen LogP contribution in [0.15, 0.2) is 65.6 Å². The fourth-order valence-corrected chi connectivity index (χ4v) is 4.36. The molecule has 0 amide bonds. The average molecular weight is 438 g/mol. The summed E-state index contributed by atoms with van der Waals surface area (Å²) in [4.78, 5) is 27.5. The van der Waals surface area contributed by atoms with Gasteiger partial charge in [0.25, 0.3) is 5.56 Å². The van der Waals surface area contributed by atoms with Gasteiger partial charge in [-0.05, 0) is 60.9 Å². The molecule has 1 aliphatic rings. The molecular weight excluding hydrogens is 410 g/mol. The molecule has 0 bridgehead atoms. The van der Waals surface area contributed by atoms with E-state index in [2.05, 4.69) is 54.1 Å². The highest BCUT2D eigenvalue weighted by Gasteiger charge is 2.21. The van der Waals surface area contributed by atoms with Crippen LogP contribution in [-0.4, -0.2) is 26.4 Å². The van der Waals surface area contributed by atoms with Crippen LogP contribution in [0.5, 0.6) is 0 Å². The van der Waals surface area contributed by atoms with Crippen LogP contribution in [0.25, 0.3) is 22.6 Å². The first-order chi connectivity index (χ1) is 16.0. The molecule has 0 saturated carbocycles. The standard InChI is InChI=1S/C27H27N5O/c1-17-4-3-5-22(18(17)2)24-11-6-19(14-29-24)15-32-13-12-25-23(16-32)27(33)31-26(30-25)20-7-9-21(28)10-8-20/h3-11,14H,12-13,15-16,28H2,1-2H3,(H,30,31,33). The molecular formula is C27H27N5O. The van der Waals surface area contributed by atoms with Gasteiger partial charge in [0.2, 0.25) is 0 Å². The van der Waals surface area contributed by atoms with Crippen LogP contribution in [0.3, 0.4) is 0 Å². The molecule has 1 aliphatic heterocycles. The van der Waals surface area contributed by atoms with E-state index in [9.17, 15) is 4.79 Å². The lowest BCUT2D eigenvalue weighted by Gasteiger charge is -2.27. The van der Waals surface area contributed by atoms with Crippen molar-refractivity contribution in [1.29, 1.82) is 0 Å². The molecule has 3 heterocycles. The molecule has 0 atom stereocenters. The Morgan fingerprint density at radius 2 is 1.88 bits per heavy atom. The second kappa shape index (κ2) is 8.64. The summed E-state index contributed by atoms with van der Waals surface area (Å²) in [6.07, 6.45) is 2.69. The van der Waals surface area contributed by atoms with Gasteiger partial charge in [0.15, 0.2) is 0 Å². The van der Waals surface area contributed by atoms with Gasteiger partial charge in [0.1, 0.15) is 5.82 Å². The van der Waals surface area contributed by atoms with Gasteiger partial charge in [0, 0.05) is 49.1 Å². The molecule has 3 N–H and O–H groups in total. The van der Waals surface area contributed by atoms with Gasteiger partial charge in [-0.25, -0.2) is 4.98 Å². The third-order valence-electron chi connectivity index (χ3n) is 6.44. The van der Waals surface area contributed by atoms with Crippen LogP contribution in [0.2, 0.25) is 0 Å². The minimum Gasteiger partial charge on any atom is -0.399 e. The predicted molar refractivity (Wildman–Crippen MR) is 132 cm³/mol. The second-order valence-corrected chi connectivity index (χ2v) is 8.72. The Morgan fingerprint density at radius 1 is 1.06 bits per heavy atom. The van der Waals surface area contributed by atoms with Crippen LogP contribution in [-0.2, 0) is 19.5 Å². The highest BCUT2D eigenvalue weighted by Crippen LogP contribution is 2.25. The van der Waals surface area contributed by atoms with E-state index in [0.717, 1.165) is 47.6 Å². The zero-order chi connectivity index (χ0) is 22.9. The number of aromatic nitrogens is 3. The van der Waals surface area contributed by atoms with Gasteiger partial charge in [-0.2, -0.15) is 0 Å². The third-order valence-corrected chi connectivity index (χ3v) is 6.44. The molecule has 6 nitrogen and oxygen atoms in total. The van der Waals surface area contributed by atoms with Crippen molar-refractivity contribution in [2.75, 3.05) is 12.3 Å². The zero-order valence-electron chi connectivity index (χ0n) is 18.9. The Labute approximate surface area is 193 Å². The van der Waals surface area contributed by atoms with Gasteiger partial charge < -0.3 is 10.7 Å². The number of hydrogen-bond acceptors (Lipinski definition) is 5. The Kier molecular flexibility index (Phi) is 5.52. The van der Waals surface area contributed by atoms with Crippen molar-refractivity contribution >= 4 is 5.69 Å². The fourth-order valence-electron chi connectivity index (χ4n) is 4.36. The summed E-state index contributed by atoms with van der Waals surface area (Å²) in [7, 11) is 0. The van der Waals surface area contributed by atoms with Gasteiger partial charge >= 0.3 is 0 Å². The number of aryl methyl sites for hydroxylation is 1. The molecule has 0 fully saturated rings. The van der Waals surface area contributed by atoms with E-state index in [0.29, 0.717) is 18.1 Å². The molecule has 0 saturated heterocycles. The van der Waals surface area contributed by atoms with Crippen molar-refractivity contribution in [3.63, 3.8) is 0 Å². The minimum atomic E-state index is -0.0695. The number of aromatic amines is 1. The van der Waals surface area contributed by atoms with Crippen molar-refractivity contribution in [3.8, 4) is 22.6 Å². The molecule has 0 aliphatic carbocycles.